The molecule has 5 heteroatoms. The summed E-state index contributed by atoms with van der Waals surface area (Å²) in [7, 11) is 2.04. The van der Waals surface area contributed by atoms with E-state index in [0.29, 0.717) is 16.6 Å². The number of aryl methyl sites for hydroxylation is 1. The Morgan fingerprint density at radius 3 is 2.43 bits per heavy atom. The third-order valence-electron chi connectivity index (χ3n) is 3.76. The van der Waals surface area contributed by atoms with Gasteiger partial charge in [0.25, 0.3) is 0 Å². The highest BCUT2D eigenvalue weighted by Crippen LogP contribution is 2.33. The van der Waals surface area contributed by atoms with E-state index in [4.69, 9.17) is 23.2 Å². The smallest absolute Gasteiger partial charge is 0.0867 e. The van der Waals surface area contributed by atoms with Gasteiger partial charge in [-0.1, -0.05) is 41.4 Å². The molecule has 1 heterocycles. The Kier molecular flexibility index (Phi) is 4.81. The fourth-order valence-electron chi connectivity index (χ4n) is 2.64. The highest BCUT2D eigenvalue weighted by Gasteiger charge is 2.13. The predicted octanol–water partition coefficient (Wildman–Crippen LogP) is 6.25. The summed E-state index contributed by atoms with van der Waals surface area (Å²) in [5.41, 5.74) is 3.96. The van der Waals surface area contributed by atoms with Crippen LogP contribution in [0, 0.1) is 6.92 Å². The van der Waals surface area contributed by atoms with Gasteiger partial charge >= 0.3 is 0 Å². The number of benzene rings is 2. The lowest BCUT2D eigenvalue weighted by atomic mass is 10.1. The number of hydrogen-bond acceptors (Lipinski definition) is 2. The minimum absolute atomic E-state index is 0.629. The molecule has 1 aromatic heterocycles. The van der Waals surface area contributed by atoms with Gasteiger partial charge in [0.2, 0.25) is 0 Å². The molecule has 0 aliphatic rings. The van der Waals surface area contributed by atoms with Crippen LogP contribution in [0.25, 0.3) is 10.9 Å². The standard InChI is InChI=1S/C18H15BrCl2N2/c1-11-9-17(12-5-3-6-14(19)18(12)22-11)23(2)10-13-15(20)7-4-8-16(13)21/h3-9H,10H2,1-2H3. The first-order chi connectivity index (χ1) is 11.0. The lowest BCUT2D eigenvalue weighted by molar-refractivity contribution is 0.925. The van der Waals surface area contributed by atoms with Gasteiger partial charge in [-0.25, -0.2) is 0 Å². The van der Waals surface area contributed by atoms with Crippen molar-refractivity contribution in [1.29, 1.82) is 0 Å². The molecule has 0 spiro atoms. The van der Waals surface area contributed by atoms with Crippen LogP contribution >= 0.6 is 39.1 Å². The highest BCUT2D eigenvalue weighted by atomic mass is 79.9. The Hall–Kier alpha value is -1.29. The van der Waals surface area contributed by atoms with Crippen molar-refractivity contribution in [3.05, 3.63) is 68.2 Å². The first-order valence-corrected chi connectivity index (χ1v) is 8.72. The topological polar surface area (TPSA) is 16.1 Å². The van der Waals surface area contributed by atoms with Crippen molar-refractivity contribution in [2.45, 2.75) is 13.5 Å². The first-order valence-electron chi connectivity index (χ1n) is 7.17. The summed E-state index contributed by atoms with van der Waals surface area (Å²) in [6, 6.07) is 13.8. The van der Waals surface area contributed by atoms with Gasteiger partial charge in [-0.05, 0) is 47.1 Å². The number of rotatable bonds is 3. The number of para-hydroxylation sites is 1. The average Bonchev–Trinajstić information content (AvgIpc) is 2.51. The lowest BCUT2D eigenvalue weighted by Gasteiger charge is -2.23. The Morgan fingerprint density at radius 1 is 1.09 bits per heavy atom. The van der Waals surface area contributed by atoms with Crippen LogP contribution in [0.2, 0.25) is 10.0 Å². The average molecular weight is 410 g/mol. The van der Waals surface area contributed by atoms with Crippen LogP contribution in [-0.4, -0.2) is 12.0 Å². The van der Waals surface area contributed by atoms with Gasteiger partial charge in [0.1, 0.15) is 0 Å². The Labute approximate surface area is 154 Å². The summed E-state index contributed by atoms with van der Waals surface area (Å²) >= 11 is 16.2. The molecule has 118 valence electrons. The Balaban J connectivity index is 2.08. The molecule has 3 rings (SSSR count). The maximum Gasteiger partial charge on any atom is 0.0867 e. The van der Waals surface area contributed by atoms with Gasteiger partial charge in [-0.2, -0.15) is 0 Å². The number of hydrogen-bond donors (Lipinski definition) is 0. The van der Waals surface area contributed by atoms with Crippen molar-refractivity contribution < 1.29 is 0 Å². The normalized spacial score (nSPS) is 11.0. The summed E-state index contributed by atoms with van der Waals surface area (Å²) in [6.45, 7) is 2.63. The van der Waals surface area contributed by atoms with Crippen LogP contribution in [0.1, 0.15) is 11.3 Å². The third kappa shape index (κ3) is 3.32. The molecule has 0 atom stereocenters. The van der Waals surface area contributed by atoms with Gasteiger partial charge in [-0.15, -0.1) is 0 Å². The molecule has 0 bridgehead atoms. The van der Waals surface area contributed by atoms with E-state index in [-0.39, 0.29) is 0 Å². The fourth-order valence-corrected chi connectivity index (χ4v) is 3.61. The summed E-state index contributed by atoms with van der Waals surface area (Å²) < 4.78 is 0.990. The molecule has 0 radical (unpaired) electrons. The molecule has 0 amide bonds. The molecule has 2 nitrogen and oxygen atoms in total. The lowest BCUT2D eigenvalue weighted by Crippen LogP contribution is -2.17. The minimum atomic E-state index is 0.629. The second-order valence-electron chi connectivity index (χ2n) is 5.48. The molecule has 0 aliphatic carbocycles. The summed E-state index contributed by atoms with van der Waals surface area (Å²) in [5, 5.41) is 2.46. The van der Waals surface area contributed by atoms with Crippen LogP contribution in [-0.2, 0) is 6.54 Å². The van der Waals surface area contributed by atoms with Crippen molar-refractivity contribution in [3.8, 4) is 0 Å². The van der Waals surface area contributed by atoms with E-state index in [1.807, 2.05) is 44.3 Å². The summed E-state index contributed by atoms with van der Waals surface area (Å²) in [5.74, 6) is 0. The zero-order valence-electron chi connectivity index (χ0n) is 12.8. The molecule has 0 unspecified atom stereocenters. The van der Waals surface area contributed by atoms with Crippen LogP contribution in [0.4, 0.5) is 5.69 Å². The van der Waals surface area contributed by atoms with Crippen LogP contribution in [0.3, 0.4) is 0 Å². The Morgan fingerprint density at radius 2 is 1.74 bits per heavy atom. The van der Waals surface area contributed by atoms with E-state index in [0.717, 1.165) is 32.3 Å². The molecular weight excluding hydrogens is 395 g/mol. The maximum absolute atomic E-state index is 6.30. The predicted molar refractivity (Wildman–Crippen MR) is 103 cm³/mol. The monoisotopic (exact) mass is 408 g/mol. The molecule has 2 aromatic carbocycles. The van der Waals surface area contributed by atoms with Crippen molar-refractivity contribution in [2.75, 3.05) is 11.9 Å². The van der Waals surface area contributed by atoms with Crippen LogP contribution < -0.4 is 4.90 Å². The van der Waals surface area contributed by atoms with E-state index in [1.165, 1.54) is 0 Å². The molecule has 0 aliphatic heterocycles. The van der Waals surface area contributed by atoms with Crippen LogP contribution in [0.5, 0.6) is 0 Å². The first kappa shape index (κ1) is 16.6. The van der Waals surface area contributed by atoms with E-state index in [1.54, 1.807) is 0 Å². The summed E-state index contributed by atoms with van der Waals surface area (Å²) in [4.78, 5) is 6.78. The van der Waals surface area contributed by atoms with Gasteiger partial charge < -0.3 is 4.90 Å². The van der Waals surface area contributed by atoms with Crippen molar-refractivity contribution >= 4 is 55.7 Å². The van der Waals surface area contributed by atoms with Crippen molar-refractivity contribution in [2.24, 2.45) is 0 Å². The Bertz CT molecular complexity index is 860. The molecule has 0 fully saturated rings. The largest absolute Gasteiger partial charge is 0.370 e. The number of anilines is 1. The zero-order chi connectivity index (χ0) is 16.6. The number of halogens is 3. The molecule has 3 aromatic rings. The number of pyridine rings is 1. The van der Waals surface area contributed by atoms with Crippen LogP contribution in [0.15, 0.2) is 46.9 Å². The molecule has 0 N–H and O–H groups in total. The zero-order valence-corrected chi connectivity index (χ0v) is 15.9. The molecule has 0 saturated heterocycles. The van der Waals surface area contributed by atoms with Crippen molar-refractivity contribution in [1.82, 2.24) is 4.98 Å². The highest BCUT2D eigenvalue weighted by molar-refractivity contribution is 9.10. The molecular formula is C18H15BrCl2N2. The third-order valence-corrected chi connectivity index (χ3v) is 5.11. The quantitative estimate of drug-likeness (QED) is 0.508. The SMILES string of the molecule is Cc1cc(N(C)Cc2c(Cl)cccc2Cl)c2cccc(Br)c2n1. The van der Waals surface area contributed by atoms with Gasteiger partial charge in [0, 0.05) is 50.4 Å². The number of fused-ring (bicyclic) bond motifs is 1. The molecule has 23 heavy (non-hydrogen) atoms. The van der Waals surface area contributed by atoms with E-state index in [2.05, 4.69) is 37.9 Å². The van der Waals surface area contributed by atoms with Gasteiger partial charge in [-0.3, -0.25) is 4.98 Å². The number of aromatic nitrogens is 1. The maximum atomic E-state index is 6.30. The van der Waals surface area contributed by atoms with Crippen molar-refractivity contribution in [3.63, 3.8) is 0 Å². The number of nitrogens with zero attached hydrogens (tertiary/aromatic N) is 2. The summed E-state index contributed by atoms with van der Waals surface area (Å²) in [6.07, 6.45) is 0. The minimum Gasteiger partial charge on any atom is -0.370 e. The second kappa shape index (κ2) is 6.68. The van der Waals surface area contributed by atoms with Gasteiger partial charge in [0.05, 0.1) is 5.52 Å². The second-order valence-corrected chi connectivity index (χ2v) is 7.14. The van der Waals surface area contributed by atoms with E-state index < -0.39 is 0 Å². The molecule has 0 saturated carbocycles. The fraction of sp³-hybridized carbons (Fsp3) is 0.167. The van der Waals surface area contributed by atoms with E-state index >= 15 is 0 Å². The van der Waals surface area contributed by atoms with E-state index in [9.17, 15) is 0 Å². The van der Waals surface area contributed by atoms with Gasteiger partial charge in [0.15, 0.2) is 0 Å².